The van der Waals surface area contributed by atoms with Crippen LogP contribution < -0.4 is 5.56 Å². The van der Waals surface area contributed by atoms with Gasteiger partial charge in [-0.3, -0.25) is 14.3 Å². The molecule has 3 aromatic rings. The predicted octanol–water partition coefficient (Wildman–Crippen LogP) is 4.85. The van der Waals surface area contributed by atoms with Crippen LogP contribution in [0.4, 0.5) is 13.2 Å². The first-order chi connectivity index (χ1) is 12.4. The Kier molecular flexibility index (Phi) is 3.98. The molecule has 3 aromatic heterocycles. The molecule has 4 rings (SSSR count). The van der Waals surface area contributed by atoms with Gasteiger partial charge in [0.25, 0.3) is 5.56 Å². The third-order valence-electron chi connectivity index (χ3n) is 4.66. The molecule has 0 amide bonds. The first-order valence-electron chi connectivity index (χ1n) is 8.17. The van der Waals surface area contributed by atoms with E-state index in [0.717, 1.165) is 31.7 Å². The van der Waals surface area contributed by atoms with E-state index in [1.807, 2.05) is 0 Å². The summed E-state index contributed by atoms with van der Waals surface area (Å²) in [6, 6.07) is 3.85. The van der Waals surface area contributed by atoms with Gasteiger partial charge in [0.05, 0.1) is 17.2 Å². The van der Waals surface area contributed by atoms with Gasteiger partial charge in [-0.1, -0.05) is 12.8 Å². The Balaban J connectivity index is 2.14. The second-order valence-electron chi connectivity index (χ2n) is 6.30. The maximum Gasteiger partial charge on any atom is 0.417 e. The maximum atomic E-state index is 13.7. The second kappa shape index (κ2) is 6.08. The number of nitrogens with one attached hydrogen (secondary N) is 1. The van der Waals surface area contributed by atoms with Gasteiger partial charge in [0.2, 0.25) is 0 Å². The molecule has 0 spiro atoms. The lowest BCUT2D eigenvalue weighted by atomic mass is 10.1. The molecule has 9 heteroatoms. The standard InChI is InChI=1S/C17H14F3N3O2S/c18-17(19,20)10-8-11(12-6-3-7-25-12)21-14-13(10)15(24)22-16(26)23(14)9-4-1-2-5-9/h3,6-9H,1-2,4-5H2,(H,22,24,26). The first-order valence-corrected chi connectivity index (χ1v) is 8.58. The highest BCUT2D eigenvalue weighted by Gasteiger charge is 2.36. The van der Waals surface area contributed by atoms with E-state index >= 15 is 0 Å². The minimum Gasteiger partial charge on any atom is -0.463 e. The molecule has 1 fully saturated rings. The largest absolute Gasteiger partial charge is 0.463 e. The van der Waals surface area contributed by atoms with Crippen LogP contribution in [-0.2, 0) is 6.18 Å². The molecule has 1 aliphatic rings. The van der Waals surface area contributed by atoms with E-state index in [1.54, 1.807) is 10.6 Å². The van der Waals surface area contributed by atoms with Crippen molar-refractivity contribution in [2.75, 3.05) is 0 Å². The van der Waals surface area contributed by atoms with Crippen molar-refractivity contribution in [1.82, 2.24) is 14.5 Å². The van der Waals surface area contributed by atoms with Gasteiger partial charge in [0.15, 0.2) is 10.5 Å². The number of furan rings is 1. The predicted molar refractivity (Wildman–Crippen MR) is 91.4 cm³/mol. The van der Waals surface area contributed by atoms with E-state index in [2.05, 4.69) is 9.97 Å². The maximum absolute atomic E-state index is 13.7. The van der Waals surface area contributed by atoms with Gasteiger partial charge < -0.3 is 4.42 Å². The Labute approximate surface area is 150 Å². The zero-order chi connectivity index (χ0) is 18.5. The van der Waals surface area contributed by atoms with E-state index < -0.39 is 22.7 Å². The van der Waals surface area contributed by atoms with Gasteiger partial charge in [-0.25, -0.2) is 4.98 Å². The molecule has 0 atom stereocenters. The first kappa shape index (κ1) is 17.0. The average molecular weight is 381 g/mol. The molecule has 136 valence electrons. The molecule has 0 saturated heterocycles. The van der Waals surface area contributed by atoms with Crippen molar-refractivity contribution >= 4 is 23.3 Å². The van der Waals surface area contributed by atoms with Crippen LogP contribution in [0.3, 0.4) is 0 Å². The number of H-pyrrole nitrogens is 1. The second-order valence-corrected chi connectivity index (χ2v) is 6.68. The molecule has 0 bridgehead atoms. The van der Waals surface area contributed by atoms with Gasteiger partial charge in [-0.05, 0) is 43.3 Å². The highest BCUT2D eigenvalue weighted by molar-refractivity contribution is 7.71. The molecule has 3 heterocycles. The number of aromatic amines is 1. The van der Waals surface area contributed by atoms with E-state index in [-0.39, 0.29) is 27.9 Å². The molecule has 1 saturated carbocycles. The van der Waals surface area contributed by atoms with Crippen LogP contribution in [0.5, 0.6) is 0 Å². The van der Waals surface area contributed by atoms with Crippen LogP contribution in [0.25, 0.3) is 22.5 Å². The third kappa shape index (κ3) is 2.76. The smallest absolute Gasteiger partial charge is 0.417 e. The van der Waals surface area contributed by atoms with Crippen molar-refractivity contribution in [3.8, 4) is 11.5 Å². The molecule has 1 N–H and O–H groups in total. The van der Waals surface area contributed by atoms with Crippen LogP contribution in [0.15, 0.2) is 33.7 Å². The zero-order valence-electron chi connectivity index (χ0n) is 13.5. The number of hydrogen-bond donors (Lipinski definition) is 1. The summed E-state index contributed by atoms with van der Waals surface area (Å²) in [4.78, 5) is 19.1. The summed E-state index contributed by atoms with van der Waals surface area (Å²) in [6.45, 7) is 0. The summed E-state index contributed by atoms with van der Waals surface area (Å²) in [7, 11) is 0. The minimum absolute atomic E-state index is 0.0153. The van der Waals surface area contributed by atoms with Crippen molar-refractivity contribution in [1.29, 1.82) is 0 Å². The highest BCUT2D eigenvalue weighted by atomic mass is 32.1. The molecule has 0 radical (unpaired) electrons. The fourth-order valence-electron chi connectivity index (χ4n) is 3.52. The minimum atomic E-state index is -4.72. The average Bonchev–Trinajstić information content (AvgIpc) is 3.26. The Morgan fingerprint density at radius 2 is 2.04 bits per heavy atom. The van der Waals surface area contributed by atoms with Crippen LogP contribution in [0, 0.1) is 4.77 Å². The van der Waals surface area contributed by atoms with Gasteiger partial charge >= 0.3 is 6.18 Å². The fraction of sp³-hybridized carbons (Fsp3) is 0.353. The Morgan fingerprint density at radius 1 is 1.31 bits per heavy atom. The molecule has 26 heavy (non-hydrogen) atoms. The number of pyridine rings is 1. The highest BCUT2D eigenvalue weighted by Crippen LogP contribution is 2.37. The molecule has 5 nitrogen and oxygen atoms in total. The zero-order valence-corrected chi connectivity index (χ0v) is 14.3. The van der Waals surface area contributed by atoms with Gasteiger partial charge in [-0.2, -0.15) is 13.2 Å². The number of aromatic nitrogens is 3. The van der Waals surface area contributed by atoms with Crippen molar-refractivity contribution in [3.05, 3.63) is 45.2 Å². The number of nitrogens with zero attached hydrogens (tertiary/aromatic N) is 2. The summed E-state index contributed by atoms with van der Waals surface area (Å²) in [5.41, 5.74) is -1.96. The quantitative estimate of drug-likeness (QED) is 0.645. The lowest BCUT2D eigenvalue weighted by Gasteiger charge is -2.19. The Bertz CT molecular complexity index is 1080. The van der Waals surface area contributed by atoms with Crippen LogP contribution in [-0.4, -0.2) is 14.5 Å². The molecular formula is C17H14F3N3O2S. The van der Waals surface area contributed by atoms with E-state index in [1.165, 1.54) is 12.3 Å². The number of alkyl halides is 3. The lowest BCUT2D eigenvalue weighted by molar-refractivity contribution is -0.136. The van der Waals surface area contributed by atoms with Crippen molar-refractivity contribution in [2.45, 2.75) is 37.9 Å². The number of hydrogen-bond acceptors (Lipinski definition) is 4. The molecule has 1 aliphatic carbocycles. The van der Waals surface area contributed by atoms with Crippen LogP contribution in [0.2, 0.25) is 0 Å². The number of fused-ring (bicyclic) bond motifs is 1. The number of halogens is 3. The van der Waals surface area contributed by atoms with E-state index in [9.17, 15) is 18.0 Å². The normalized spacial score (nSPS) is 15.8. The monoisotopic (exact) mass is 381 g/mol. The van der Waals surface area contributed by atoms with Crippen molar-refractivity contribution in [3.63, 3.8) is 0 Å². The Hall–Kier alpha value is -2.42. The van der Waals surface area contributed by atoms with Gasteiger partial charge in [0, 0.05) is 6.04 Å². The van der Waals surface area contributed by atoms with E-state index in [4.69, 9.17) is 16.6 Å². The van der Waals surface area contributed by atoms with Crippen molar-refractivity contribution in [2.24, 2.45) is 0 Å². The molecule has 0 aliphatic heterocycles. The van der Waals surface area contributed by atoms with Gasteiger partial charge in [-0.15, -0.1) is 0 Å². The Morgan fingerprint density at radius 3 is 2.65 bits per heavy atom. The summed E-state index contributed by atoms with van der Waals surface area (Å²) < 4.78 is 47.9. The summed E-state index contributed by atoms with van der Waals surface area (Å²) in [5.74, 6) is 0.196. The molecule has 0 aromatic carbocycles. The molecule has 0 unspecified atom stereocenters. The molecular weight excluding hydrogens is 367 g/mol. The van der Waals surface area contributed by atoms with Crippen LogP contribution in [0.1, 0.15) is 37.3 Å². The lowest BCUT2D eigenvalue weighted by Crippen LogP contribution is -2.22. The third-order valence-corrected chi connectivity index (χ3v) is 4.96. The topological polar surface area (TPSA) is 63.8 Å². The fourth-order valence-corrected chi connectivity index (χ4v) is 3.85. The summed E-state index contributed by atoms with van der Waals surface area (Å²) >= 11 is 5.25. The van der Waals surface area contributed by atoms with Crippen LogP contribution >= 0.6 is 12.2 Å². The van der Waals surface area contributed by atoms with Gasteiger partial charge in [0.1, 0.15) is 11.3 Å². The SMILES string of the molecule is O=c1[nH]c(=S)n(C2CCCC2)c2nc(-c3ccco3)cc(C(F)(F)F)c12. The van der Waals surface area contributed by atoms with Crippen molar-refractivity contribution < 1.29 is 17.6 Å². The summed E-state index contributed by atoms with van der Waals surface area (Å²) in [6.07, 6.45) is 0.114. The summed E-state index contributed by atoms with van der Waals surface area (Å²) in [5, 5.41) is -0.492. The van der Waals surface area contributed by atoms with E-state index in [0.29, 0.717) is 0 Å². The number of rotatable bonds is 2.